The van der Waals surface area contributed by atoms with Crippen LogP contribution in [-0.4, -0.2) is 73.5 Å². The molecule has 0 aromatic carbocycles. The Balaban J connectivity index is 5.13. The Kier molecular flexibility index (Phi) is 12.3. The number of likely N-dealkylation sites (N-methyl/N-ethyl adjacent to an activating group) is 2. The van der Waals surface area contributed by atoms with Crippen molar-refractivity contribution >= 4 is 12.1 Å². The van der Waals surface area contributed by atoms with E-state index in [-0.39, 0.29) is 5.91 Å². The van der Waals surface area contributed by atoms with E-state index in [0.717, 1.165) is 19.2 Å². The van der Waals surface area contributed by atoms with Gasteiger partial charge in [-0.25, -0.2) is 0 Å². The molecule has 1 atom stereocenters. The zero-order valence-electron chi connectivity index (χ0n) is 17.7. The number of carbonyl (C=O) groups excluding carboxylic acids is 1. The first-order chi connectivity index (χ1) is 12.7. The van der Waals surface area contributed by atoms with Crippen LogP contribution in [0.3, 0.4) is 0 Å². The summed E-state index contributed by atoms with van der Waals surface area (Å²) in [5.41, 5.74) is 1.45. The molecule has 0 radical (unpaired) electrons. The summed E-state index contributed by atoms with van der Waals surface area (Å²) in [5.74, 6) is -0.155. The number of amides is 1. The number of aliphatic hydroxyl groups is 1. The van der Waals surface area contributed by atoms with E-state index in [1.165, 1.54) is 4.90 Å². The predicted octanol–water partition coefficient (Wildman–Crippen LogP) is 1.69. The van der Waals surface area contributed by atoms with Crippen molar-refractivity contribution in [2.75, 3.05) is 34.2 Å². The van der Waals surface area contributed by atoms with Crippen LogP contribution in [0.25, 0.3) is 0 Å². The Morgan fingerprint density at radius 2 is 1.96 bits per heavy atom. The summed E-state index contributed by atoms with van der Waals surface area (Å²) in [6, 6.07) is 0.414. The van der Waals surface area contributed by atoms with Crippen LogP contribution in [-0.2, 0) is 4.79 Å². The highest BCUT2D eigenvalue weighted by Gasteiger charge is 2.18. The molecule has 0 rings (SSSR count). The Morgan fingerprint density at radius 3 is 2.44 bits per heavy atom. The first kappa shape index (κ1) is 25.0. The van der Waals surface area contributed by atoms with Gasteiger partial charge in [-0.15, -0.1) is 0 Å². The highest BCUT2D eigenvalue weighted by Crippen LogP contribution is 2.14. The fourth-order valence-corrected chi connectivity index (χ4v) is 2.34. The van der Waals surface area contributed by atoms with Gasteiger partial charge in [-0.1, -0.05) is 27.4 Å². The average molecular weight is 380 g/mol. The van der Waals surface area contributed by atoms with Crippen LogP contribution in [0.4, 0.5) is 0 Å². The quantitative estimate of drug-likeness (QED) is 0.128. The van der Waals surface area contributed by atoms with Crippen molar-refractivity contribution in [1.82, 2.24) is 20.4 Å². The molecule has 0 aliphatic carbocycles. The van der Waals surface area contributed by atoms with Gasteiger partial charge in [0.05, 0.1) is 0 Å². The number of nitrogens with zero attached hydrogens (tertiary/aromatic N) is 2. The van der Waals surface area contributed by atoms with Crippen molar-refractivity contribution < 1.29 is 9.90 Å². The summed E-state index contributed by atoms with van der Waals surface area (Å²) in [6.45, 7) is 11.5. The molecule has 7 nitrogen and oxygen atoms in total. The first-order valence-corrected chi connectivity index (χ1v) is 9.36. The third-order valence-electron chi connectivity index (χ3n) is 4.22. The van der Waals surface area contributed by atoms with E-state index in [2.05, 4.69) is 31.1 Å². The molecule has 4 N–H and O–H groups in total. The highest BCUT2D eigenvalue weighted by atomic mass is 16.3. The van der Waals surface area contributed by atoms with Gasteiger partial charge >= 0.3 is 0 Å². The van der Waals surface area contributed by atoms with Crippen molar-refractivity contribution in [3.05, 3.63) is 35.7 Å². The predicted molar refractivity (Wildman–Crippen MR) is 113 cm³/mol. The van der Waals surface area contributed by atoms with Gasteiger partial charge in [0.2, 0.25) is 0 Å². The molecule has 0 heterocycles. The van der Waals surface area contributed by atoms with Crippen LogP contribution in [0.5, 0.6) is 0 Å². The number of hydrogen-bond donors (Lipinski definition) is 4. The minimum Gasteiger partial charge on any atom is -0.394 e. The zero-order chi connectivity index (χ0) is 21.0. The SMILES string of the molecule is C=C(/C=C(\C=N)C(O)N(C)CC)N(C)C(=O)/C(=C/NC)CCCNC(C)C. The fraction of sp³-hybridized carbons (Fsp3) is 0.600. The van der Waals surface area contributed by atoms with E-state index in [0.29, 0.717) is 35.9 Å². The van der Waals surface area contributed by atoms with Crippen LogP contribution in [0.15, 0.2) is 35.7 Å². The number of aliphatic hydroxyl groups excluding tert-OH is 1. The summed E-state index contributed by atoms with van der Waals surface area (Å²) >= 11 is 0. The highest BCUT2D eigenvalue weighted by molar-refractivity contribution is 5.94. The first-order valence-electron chi connectivity index (χ1n) is 9.36. The van der Waals surface area contributed by atoms with Gasteiger partial charge in [-0.3, -0.25) is 9.69 Å². The molecule has 0 fully saturated rings. The lowest BCUT2D eigenvalue weighted by molar-refractivity contribution is -0.124. The lowest BCUT2D eigenvalue weighted by atomic mass is 10.1. The Labute approximate surface area is 164 Å². The van der Waals surface area contributed by atoms with Crippen LogP contribution in [0, 0.1) is 5.41 Å². The van der Waals surface area contributed by atoms with E-state index in [1.807, 2.05) is 6.92 Å². The number of allylic oxidation sites excluding steroid dienone is 1. The molecule has 1 unspecified atom stereocenters. The molecule has 0 aliphatic rings. The molecule has 0 aliphatic heterocycles. The van der Waals surface area contributed by atoms with Crippen LogP contribution >= 0.6 is 0 Å². The molecule has 0 saturated heterocycles. The second-order valence-corrected chi connectivity index (χ2v) is 6.76. The molecular formula is C20H37N5O2. The molecule has 0 aromatic heterocycles. The topological polar surface area (TPSA) is 91.7 Å². The summed E-state index contributed by atoms with van der Waals surface area (Å²) in [6.07, 6.45) is 4.93. The van der Waals surface area contributed by atoms with Crippen molar-refractivity contribution in [2.24, 2.45) is 0 Å². The average Bonchev–Trinajstić information content (AvgIpc) is 2.65. The molecule has 1 amide bonds. The maximum Gasteiger partial charge on any atom is 0.255 e. The maximum atomic E-state index is 12.8. The number of rotatable bonds is 13. The third kappa shape index (κ3) is 8.99. The minimum absolute atomic E-state index is 0.155. The third-order valence-corrected chi connectivity index (χ3v) is 4.22. The number of carbonyl (C=O) groups is 1. The van der Waals surface area contributed by atoms with Crippen LogP contribution in [0.2, 0.25) is 0 Å². The molecular weight excluding hydrogens is 342 g/mol. The maximum absolute atomic E-state index is 12.8. The Morgan fingerprint density at radius 1 is 1.33 bits per heavy atom. The van der Waals surface area contributed by atoms with Crippen molar-refractivity contribution in [3.8, 4) is 0 Å². The van der Waals surface area contributed by atoms with Gasteiger partial charge in [0.15, 0.2) is 0 Å². The smallest absolute Gasteiger partial charge is 0.255 e. The summed E-state index contributed by atoms with van der Waals surface area (Å²) in [5, 5.41) is 24.1. The van der Waals surface area contributed by atoms with Crippen LogP contribution in [0.1, 0.15) is 33.6 Å². The van der Waals surface area contributed by atoms with Crippen molar-refractivity contribution in [1.29, 1.82) is 5.41 Å². The van der Waals surface area contributed by atoms with Gasteiger partial charge in [0, 0.05) is 49.4 Å². The van der Waals surface area contributed by atoms with E-state index in [1.54, 1.807) is 38.3 Å². The summed E-state index contributed by atoms with van der Waals surface area (Å²) < 4.78 is 0. The Bertz CT molecular complexity index is 555. The lowest BCUT2D eigenvalue weighted by Gasteiger charge is -2.24. The zero-order valence-corrected chi connectivity index (χ0v) is 17.7. The van der Waals surface area contributed by atoms with Gasteiger partial charge in [-0.05, 0) is 39.1 Å². The molecule has 0 aromatic rings. The molecule has 154 valence electrons. The summed E-state index contributed by atoms with van der Waals surface area (Å²) in [4.78, 5) is 15.9. The molecule has 0 bridgehead atoms. The van der Waals surface area contributed by atoms with Crippen LogP contribution < -0.4 is 10.6 Å². The second kappa shape index (κ2) is 13.2. The standard InChI is InChI=1S/C20H37N5O2/c1-8-24(6)19(26)18(13-21)12-16(4)25(7)20(27)17(14-22-5)10-9-11-23-15(2)3/h12-15,19,21-23,26H,4,8-11H2,1-3,5-7H3/b17-14+,18-12+,21-13?. The normalized spacial score (nSPS) is 13.7. The van der Waals surface area contributed by atoms with E-state index >= 15 is 0 Å². The summed E-state index contributed by atoms with van der Waals surface area (Å²) in [7, 11) is 5.17. The fourth-order valence-electron chi connectivity index (χ4n) is 2.34. The van der Waals surface area contributed by atoms with Gasteiger partial charge in [0.1, 0.15) is 6.23 Å². The second-order valence-electron chi connectivity index (χ2n) is 6.76. The monoisotopic (exact) mass is 379 g/mol. The van der Waals surface area contributed by atoms with Gasteiger partial charge < -0.3 is 26.0 Å². The van der Waals surface area contributed by atoms with Crippen molar-refractivity contribution in [3.63, 3.8) is 0 Å². The lowest BCUT2D eigenvalue weighted by Crippen LogP contribution is -2.34. The Hall–Kier alpha value is -1.96. The number of hydrogen-bond acceptors (Lipinski definition) is 6. The van der Waals surface area contributed by atoms with Crippen molar-refractivity contribution in [2.45, 2.75) is 45.9 Å². The minimum atomic E-state index is -0.915. The molecule has 0 saturated carbocycles. The molecule has 27 heavy (non-hydrogen) atoms. The van der Waals surface area contributed by atoms with Gasteiger partial charge in [-0.2, -0.15) is 0 Å². The largest absolute Gasteiger partial charge is 0.394 e. The van der Waals surface area contributed by atoms with Gasteiger partial charge in [0.25, 0.3) is 5.91 Å². The van der Waals surface area contributed by atoms with E-state index < -0.39 is 6.23 Å². The molecule has 0 spiro atoms. The molecule has 7 heteroatoms. The van der Waals surface area contributed by atoms with E-state index in [9.17, 15) is 9.90 Å². The van der Waals surface area contributed by atoms with E-state index in [4.69, 9.17) is 5.41 Å². The number of nitrogens with one attached hydrogen (secondary N) is 3.